The molecule has 1 aromatic carbocycles. The highest BCUT2D eigenvalue weighted by Crippen LogP contribution is 2.36. The zero-order chi connectivity index (χ0) is 29.5. The van der Waals surface area contributed by atoms with Crippen molar-refractivity contribution in [1.82, 2.24) is 39.0 Å². The lowest BCUT2D eigenvalue weighted by Gasteiger charge is -2.32. The average molecular weight is 585 g/mol. The SMILES string of the molecule is Cc1cc(C(C)Nc2ccc(Cl)nc2-c2ncn(C)n2)c2c(c1)c(=O)n(C)c1c2cnn1C1CCN(CCC#N)CC1. The van der Waals surface area contributed by atoms with Crippen molar-refractivity contribution in [2.75, 3.05) is 25.0 Å². The van der Waals surface area contributed by atoms with Crippen LogP contribution < -0.4 is 10.9 Å². The van der Waals surface area contributed by atoms with E-state index >= 15 is 0 Å². The average Bonchev–Trinajstić information content (AvgIpc) is 3.62. The summed E-state index contributed by atoms with van der Waals surface area (Å²) in [6.07, 6.45) is 5.90. The van der Waals surface area contributed by atoms with E-state index < -0.39 is 0 Å². The predicted molar refractivity (Wildman–Crippen MR) is 163 cm³/mol. The van der Waals surface area contributed by atoms with Gasteiger partial charge in [0.05, 0.1) is 24.0 Å². The number of benzene rings is 1. The van der Waals surface area contributed by atoms with Crippen LogP contribution in [-0.2, 0) is 14.1 Å². The highest BCUT2D eigenvalue weighted by molar-refractivity contribution is 6.29. The van der Waals surface area contributed by atoms with Crippen molar-refractivity contribution in [3.8, 4) is 17.6 Å². The minimum absolute atomic E-state index is 0.0469. The molecule has 0 amide bonds. The number of fused-ring (bicyclic) bond motifs is 3. The van der Waals surface area contributed by atoms with E-state index in [9.17, 15) is 4.79 Å². The fourth-order valence-corrected chi connectivity index (χ4v) is 6.26. The van der Waals surface area contributed by atoms with Crippen molar-refractivity contribution in [2.24, 2.45) is 14.1 Å². The Bertz CT molecular complexity index is 1890. The van der Waals surface area contributed by atoms with Crippen LogP contribution in [0.1, 0.15) is 49.4 Å². The van der Waals surface area contributed by atoms with Gasteiger partial charge in [-0.1, -0.05) is 17.7 Å². The molecule has 1 aliphatic heterocycles. The summed E-state index contributed by atoms with van der Waals surface area (Å²) in [6.45, 7) is 6.69. The van der Waals surface area contributed by atoms with E-state index in [1.807, 2.05) is 37.0 Å². The molecule has 12 heteroatoms. The molecular formula is C30H33ClN10O. The predicted octanol–water partition coefficient (Wildman–Crippen LogP) is 4.76. The number of pyridine rings is 2. The van der Waals surface area contributed by atoms with Crippen molar-refractivity contribution in [3.63, 3.8) is 0 Å². The molecule has 1 aliphatic rings. The number of rotatable bonds is 7. The summed E-state index contributed by atoms with van der Waals surface area (Å²) in [5.41, 5.74) is 4.07. The van der Waals surface area contributed by atoms with Gasteiger partial charge in [-0.3, -0.25) is 14.0 Å². The highest BCUT2D eigenvalue weighted by atomic mass is 35.5. The number of nitrogens with zero attached hydrogens (tertiary/aromatic N) is 9. The molecule has 1 atom stereocenters. The first-order valence-corrected chi connectivity index (χ1v) is 14.5. The Balaban J connectivity index is 1.43. The standard InChI is InChI=1S/C30H33ClN10O/c1-18-14-21(19(2)35-24-6-7-25(31)36-27(24)28-33-17-38(3)37-28)26-22(15-18)30(42)39(4)29-23(26)16-34-41(29)20-8-12-40(13-9-20)11-5-10-32/h6-7,14-17,19-20,35H,5,8-9,11-13H2,1-4H3. The molecule has 6 rings (SSSR count). The Morgan fingerprint density at radius 3 is 2.69 bits per heavy atom. The minimum Gasteiger partial charge on any atom is -0.377 e. The van der Waals surface area contributed by atoms with Gasteiger partial charge in [-0.15, -0.1) is 5.10 Å². The Hall–Kier alpha value is -4.27. The third kappa shape index (κ3) is 5.01. The van der Waals surface area contributed by atoms with Crippen molar-refractivity contribution < 1.29 is 0 Å². The van der Waals surface area contributed by atoms with Crippen LogP contribution in [0.5, 0.6) is 0 Å². The summed E-state index contributed by atoms with van der Waals surface area (Å²) in [5.74, 6) is 0.472. The molecule has 5 heterocycles. The van der Waals surface area contributed by atoms with E-state index in [-0.39, 0.29) is 17.6 Å². The largest absolute Gasteiger partial charge is 0.377 e. The molecule has 11 nitrogen and oxygen atoms in total. The molecule has 0 bridgehead atoms. The third-order valence-corrected chi connectivity index (χ3v) is 8.37. The second kappa shape index (κ2) is 11.2. The van der Waals surface area contributed by atoms with Crippen molar-refractivity contribution >= 4 is 39.1 Å². The minimum atomic E-state index is -0.195. The van der Waals surface area contributed by atoms with Gasteiger partial charge in [0, 0.05) is 62.4 Å². The zero-order valence-electron chi connectivity index (χ0n) is 24.2. The summed E-state index contributed by atoms with van der Waals surface area (Å²) < 4.78 is 5.40. The number of nitrogens with one attached hydrogen (secondary N) is 1. The number of nitriles is 1. The van der Waals surface area contributed by atoms with Gasteiger partial charge in [-0.25, -0.2) is 14.6 Å². The van der Waals surface area contributed by atoms with E-state index in [2.05, 4.69) is 44.3 Å². The number of aromatic nitrogens is 7. The molecule has 4 aromatic heterocycles. The maximum Gasteiger partial charge on any atom is 0.259 e. The van der Waals surface area contributed by atoms with Crippen LogP contribution >= 0.6 is 11.6 Å². The lowest BCUT2D eigenvalue weighted by atomic mass is 9.95. The van der Waals surface area contributed by atoms with Gasteiger partial charge in [0.15, 0.2) is 0 Å². The number of piperidine rings is 1. The number of hydrogen-bond acceptors (Lipinski definition) is 8. The first kappa shape index (κ1) is 27.9. The maximum absolute atomic E-state index is 13.8. The van der Waals surface area contributed by atoms with Crippen LogP contribution in [-0.4, -0.2) is 58.6 Å². The number of aryl methyl sites for hydroxylation is 3. The van der Waals surface area contributed by atoms with Crippen LogP contribution in [0.15, 0.2) is 41.6 Å². The van der Waals surface area contributed by atoms with Gasteiger partial charge in [0.2, 0.25) is 5.82 Å². The molecule has 0 aliphatic carbocycles. The van der Waals surface area contributed by atoms with Gasteiger partial charge in [0.25, 0.3) is 5.56 Å². The van der Waals surface area contributed by atoms with E-state index in [0.717, 1.165) is 65.7 Å². The fraction of sp³-hybridized carbons (Fsp3) is 0.400. The number of hydrogen-bond donors (Lipinski definition) is 1. The van der Waals surface area contributed by atoms with E-state index in [0.29, 0.717) is 28.5 Å². The number of likely N-dealkylation sites (tertiary alicyclic amines) is 1. The fourth-order valence-electron chi connectivity index (χ4n) is 6.11. The first-order chi connectivity index (χ1) is 20.2. The molecule has 1 N–H and O–H groups in total. The zero-order valence-corrected chi connectivity index (χ0v) is 24.9. The van der Waals surface area contributed by atoms with Crippen molar-refractivity contribution in [2.45, 2.75) is 45.2 Å². The van der Waals surface area contributed by atoms with Crippen molar-refractivity contribution in [3.05, 3.63) is 63.4 Å². The van der Waals surface area contributed by atoms with Crippen molar-refractivity contribution in [1.29, 1.82) is 5.26 Å². The monoisotopic (exact) mass is 584 g/mol. The van der Waals surface area contributed by atoms with Gasteiger partial charge in [0.1, 0.15) is 22.8 Å². The summed E-state index contributed by atoms with van der Waals surface area (Å²) in [4.78, 5) is 25.0. The van der Waals surface area contributed by atoms with Gasteiger partial charge >= 0.3 is 0 Å². The Kier molecular flexibility index (Phi) is 7.43. The Morgan fingerprint density at radius 1 is 1.19 bits per heavy atom. The molecule has 216 valence electrons. The second-order valence-corrected chi connectivity index (χ2v) is 11.5. The molecule has 0 radical (unpaired) electrons. The Labute approximate surface area is 248 Å². The van der Waals surface area contributed by atoms with Gasteiger partial charge < -0.3 is 10.2 Å². The maximum atomic E-state index is 13.8. The van der Waals surface area contributed by atoms with E-state index in [1.165, 1.54) is 0 Å². The van der Waals surface area contributed by atoms with Gasteiger partial charge in [-0.05, 0) is 56.0 Å². The lowest BCUT2D eigenvalue weighted by Crippen LogP contribution is -2.36. The summed E-state index contributed by atoms with van der Waals surface area (Å²) >= 11 is 6.26. The van der Waals surface area contributed by atoms with Crippen LogP contribution in [0.25, 0.3) is 33.3 Å². The third-order valence-electron chi connectivity index (χ3n) is 8.16. The normalized spacial score (nSPS) is 15.3. The van der Waals surface area contributed by atoms with Crippen LogP contribution in [0, 0.1) is 18.3 Å². The summed E-state index contributed by atoms with van der Waals surface area (Å²) in [5, 5.41) is 24.7. The topological polar surface area (TPSA) is 122 Å². The highest BCUT2D eigenvalue weighted by Gasteiger charge is 2.26. The smallest absolute Gasteiger partial charge is 0.259 e. The summed E-state index contributed by atoms with van der Waals surface area (Å²) in [6, 6.07) is 9.94. The number of anilines is 1. The van der Waals surface area contributed by atoms with Gasteiger partial charge in [-0.2, -0.15) is 10.4 Å². The molecule has 1 fully saturated rings. The Morgan fingerprint density at radius 2 is 1.98 bits per heavy atom. The van der Waals surface area contributed by atoms with E-state index in [1.54, 1.807) is 28.7 Å². The molecule has 0 spiro atoms. The first-order valence-electron chi connectivity index (χ1n) is 14.1. The molecule has 0 saturated carbocycles. The summed E-state index contributed by atoms with van der Waals surface area (Å²) in [7, 11) is 3.64. The van der Waals surface area contributed by atoms with Crippen LogP contribution in [0.4, 0.5) is 5.69 Å². The van der Waals surface area contributed by atoms with Crippen LogP contribution in [0.3, 0.4) is 0 Å². The molecule has 1 unspecified atom stereocenters. The molecule has 42 heavy (non-hydrogen) atoms. The van der Waals surface area contributed by atoms with E-state index in [4.69, 9.17) is 22.0 Å². The quantitative estimate of drug-likeness (QED) is 0.272. The molecular weight excluding hydrogens is 552 g/mol. The molecule has 5 aromatic rings. The lowest BCUT2D eigenvalue weighted by molar-refractivity contribution is 0.185. The number of halogens is 1. The molecule has 1 saturated heterocycles. The van der Waals surface area contributed by atoms with Crippen LogP contribution in [0.2, 0.25) is 5.15 Å². The second-order valence-electron chi connectivity index (χ2n) is 11.1.